The minimum Gasteiger partial charge on any atom is -0.481 e. The number of aromatic nitrogens is 2. The first kappa shape index (κ1) is 15.9. The van der Waals surface area contributed by atoms with Crippen LogP contribution in [0.2, 0.25) is 0 Å². The zero-order valence-corrected chi connectivity index (χ0v) is 12.0. The Morgan fingerprint density at radius 2 is 1.90 bits per heavy atom. The second-order valence-electron chi connectivity index (χ2n) is 4.26. The summed E-state index contributed by atoms with van der Waals surface area (Å²) in [6.07, 6.45) is 0.0701. The molecule has 0 aliphatic carbocycles. The van der Waals surface area contributed by atoms with Gasteiger partial charge in [0.05, 0.1) is 0 Å². The number of nitrogens with zero attached hydrogens (tertiary/aromatic N) is 2. The molecule has 0 fully saturated rings. The van der Waals surface area contributed by atoms with E-state index in [1.807, 2.05) is 0 Å². The summed E-state index contributed by atoms with van der Waals surface area (Å²) in [6, 6.07) is 0. The number of carboxylic acids is 1. The van der Waals surface area contributed by atoms with Crippen LogP contribution < -0.4 is 16.6 Å². The predicted molar refractivity (Wildman–Crippen MR) is 76.0 cm³/mol. The molecule has 0 saturated heterocycles. The van der Waals surface area contributed by atoms with E-state index < -0.39 is 17.4 Å². The SMILES string of the molecule is Cn1c(N)c(NC(=O)CCCC(=O)O)c(=O)n(C)c1=S. The highest BCUT2D eigenvalue weighted by atomic mass is 32.1. The molecule has 20 heavy (non-hydrogen) atoms. The third-order valence-electron chi connectivity index (χ3n) is 2.77. The van der Waals surface area contributed by atoms with Gasteiger partial charge in [-0.3, -0.25) is 19.0 Å². The molecule has 1 rings (SSSR count). The topological polar surface area (TPSA) is 119 Å². The molecule has 0 aliphatic heterocycles. The summed E-state index contributed by atoms with van der Waals surface area (Å²) < 4.78 is 2.83. The van der Waals surface area contributed by atoms with Gasteiger partial charge in [-0.15, -0.1) is 0 Å². The first-order chi connectivity index (χ1) is 9.25. The molecule has 1 amide bonds. The van der Waals surface area contributed by atoms with E-state index in [1.54, 1.807) is 7.05 Å². The van der Waals surface area contributed by atoms with E-state index >= 15 is 0 Å². The second-order valence-corrected chi connectivity index (χ2v) is 4.63. The molecule has 4 N–H and O–H groups in total. The maximum absolute atomic E-state index is 12.0. The Morgan fingerprint density at radius 1 is 1.30 bits per heavy atom. The molecule has 0 unspecified atom stereocenters. The zero-order valence-electron chi connectivity index (χ0n) is 11.2. The number of aliphatic carboxylic acids is 1. The van der Waals surface area contributed by atoms with Crippen LogP contribution in [-0.2, 0) is 23.7 Å². The van der Waals surface area contributed by atoms with Crippen molar-refractivity contribution in [3.8, 4) is 0 Å². The number of hydrogen-bond donors (Lipinski definition) is 3. The molecule has 1 aromatic rings. The van der Waals surface area contributed by atoms with E-state index in [4.69, 9.17) is 23.1 Å². The number of nitrogens with one attached hydrogen (secondary N) is 1. The third-order valence-corrected chi connectivity index (χ3v) is 3.32. The lowest BCUT2D eigenvalue weighted by Crippen LogP contribution is -2.29. The maximum Gasteiger partial charge on any atom is 0.303 e. The summed E-state index contributed by atoms with van der Waals surface area (Å²) in [4.78, 5) is 34.0. The lowest BCUT2D eigenvalue weighted by molar-refractivity contribution is -0.137. The van der Waals surface area contributed by atoms with Crippen LogP contribution in [0.15, 0.2) is 4.79 Å². The lowest BCUT2D eigenvalue weighted by atomic mass is 10.2. The highest BCUT2D eigenvalue weighted by Gasteiger charge is 2.14. The molecule has 0 aromatic carbocycles. The van der Waals surface area contributed by atoms with Crippen molar-refractivity contribution in [1.29, 1.82) is 0 Å². The second kappa shape index (κ2) is 6.33. The number of hydrogen-bond acceptors (Lipinski definition) is 5. The molecule has 0 aliphatic rings. The zero-order chi connectivity index (χ0) is 15.4. The van der Waals surface area contributed by atoms with Gasteiger partial charge in [0, 0.05) is 26.9 Å². The number of nitrogen functional groups attached to an aromatic ring is 1. The monoisotopic (exact) mass is 300 g/mol. The number of nitrogens with two attached hydrogens (primary N) is 1. The molecule has 9 heteroatoms. The molecule has 1 aromatic heterocycles. The summed E-state index contributed by atoms with van der Waals surface area (Å²) in [7, 11) is 3.06. The minimum atomic E-state index is -0.977. The van der Waals surface area contributed by atoms with E-state index in [0.717, 1.165) is 0 Å². The number of anilines is 2. The van der Waals surface area contributed by atoms with Gasteiger partial charge in [-0.2, -0.15) is 0 Å². The summed E-state index contributed by atoms with van der Waals surface area (Å²) in [5.41, 5.74) is 5.20. The molecule has 8 nitrogen and oxygen atoms in total. The molecule has 110 valence electrons. The highest BCUT2D eigenvalue weighted by molar-refractivity contribution is 7.71. The number of amides is 1. The van der Waals surface area contributed by atoms with Crippen LogP contribution in [0.1, 0.15) is 19.3 Å². The molecular formula is C11H16N4O4S. The van der Waals surface area contributed by atoms with E-state index in [2.05, 4.69) is 5.32 Å². The van der Waals surface area contributed by atoms with Crippen molar-refractivity contribution in [2.45, 2.75) is 19.3 Å². The van der Waals surface area contributed by atoms with E-state index in [-0.39, 0.29) is 35.5 Å². The largest absolute Gasteiger partial charge is 0.481 e. The lowest BCUT2D eigenvalue weighted by Gasteiger charge is -2.13. The van der Waals surface area contributed by atoms with Crippen LogP contribution in [0.5, 0.6) is 0 Å². The Kier molecular flexibility index (Phi) is 5.03. The highest BCUT2D eigenvalue weighted by Crippen LogP contribution is 2.13. The Balaban J connectivity index is 2.94. The van der Waals surface area contributed by atoms with E-state index in [1.165, 1.54) is 16.2 Å². The molecule has 0 atom stereocenters. The van der Waals surface area contributed by atoms with Crippen molar-refractivity contribution in [2.24, 2.45) is 14.1 Å². The quantitative estimate of drug-likeness (QED) is 0.670. The van der Waals surface area contributed by atoms with Gasteiger partial charge in [-0.05, 0) is 18.6 Å². The average Bonchev–Trinajstić information content (AvgIpc) is 2.39. The van der Waals surface area contributed by atoms with Gasteiger partial charge in [0.25, 0.3) is 5.56 Å². The normalized spacial score (nSPS) is 10.3. The molecule has 0 saturated carbocycles. The van der Waals surface area contributed by atoms with Crippen molar-refractivity contribution in [3.05, 3.63) is 15.1 Å². The van der Waals surface area contributed by atoms with Crippen LogP contribution in [0, 0.1) is 4.77 Å². The van der Waals surface area contributed by atoms with Crippen molar-refractivity contribution in [3.63, 3.8) is 0 Å². The molecular weight excluding hydrogens is 284 g/mol. The molecule has 1 heterocycles. The van der Waals surface area contributed by atoms with Gasteiger partial charge in [-0.25, -0.2) is 0 Å². The minimum absolute atomic E-state index is 0.00572. The summed E-state index contributed by atoms with van der Waals surface area (Å²) in [5.74, 6) is -1.38. The van der Waals surface area contributed by atoms with Crippen molar-refractivity contribution >= 4 is 35.6 Å². The van der Waals surface area contributed by atoms with E-state index in [0.29, 0.717) is 0 Å². The number of carboxylic acid groups (broad SMARTS) is 1. The van der Waals surface area contributed by atoms with Crippen molar-refractivity contribution < 1.29 is 14.7 Å². The standard InChI is InChI=1S/C11H16N4O4S/c1-14-9(12)8(10(19)15(2)11(14)20)13-6(16)4-3-5-7(17)18/h3-5,12H2,1-2H3,(H,13,16)(H,17,18). The van der Waals surface area contributed by atoms with Crippen LogP contribution >= 0.6 is 12.2 Å². The summed E-state index contributed by atoms with van der Waals surface area (Å²) in [6.45, 7) is 0. The van der Waals surface area contributed by atoms with Gasteiger partial charge in [0.2, 0.25) is 5.91 Å². The Hall–Kier alpha value is -2.16. The van der Waals surface area contributed by atoms with Crippen LogP contribution in [-0.4, -0.2) is 26.1 Å². The van der Waals surface area contributed by atoms with Crippen molar-refractivity contribution in [2.75, 3.05) is 11.1 Å². The predicted octanol–water partition coefficient (Wildman–Crippen LogP) is 0.229. The Morgan fingerprint density at radius 3 is 2.45 bits per heavy atom. The number of rotatable bonds is 5. The first-order valence-electron chi connectivity index (χ1n) is 5.82. The Bertz CT molecular complexity index is 662. The van der Waals surface area contributed by atoms with Gasteiger partial charge in [0.15, 0.2) is 4.77 Å². The summed E-state index contributed by atoms with van der Waals surface area (Å²) in [5, 5.41) is 10.9. The smallest absolute Gasteiger partial charge is 0.303 e. The fourth-order valence-corrected chi connectivity index (χ4v) is 1.76. The first-order valence-corrected chi connectivity index (χ1v) is 6.23. The van der Waals surface area contributed by atoms with Crippen LogP contribution in [0.4, 0.5) is 11.5 Å². The molecule has 0 bridgehead atoms. The Labute approximate surface area is 119 Å². The fourth-order valence-electron chi connectivity index (χ4n) is 1.58. The van der Waals surface area contributed by atoms with Crippen molar-refractivity contribution in [1.82, 2.24) is 9.13 Å². The third kappa shape index (κ3) is 3.44. The van der Waals surface area contributed by atoms with Crippen LogP contribution in [0.25, 0.3) is 0 Å². The summed E-state index contributed by atoms with van der Waals surface area (Å²) >= 11 is 5.01. The number of carbonyl (C=O) groups excluding carboxylic acids is 1. The van der Waals surface area contributed by atoms with Gasteiger partial charge in [-0.1, -0.05) is 0 Å². The van der Waals surface area contributed by atoms with Gasteiger partial charge >= 0.3 is 5.97 Å². The molecule has 0 spiro atoms. The fraction of sp³-hybridized carbons (Fsp3) is 0.455. The van der Waals surface area contributed by atoms with Crippen LogP contribution in [0.3, 0.4) is 0 Å². The average molecular weight is 300 g/mol. The van der Waals surface area contributed by atoms with E-state index in [9.17, 15) is 14.4 Å². The maximum atomic E-state index is 12.0. The van der Waals surface area contributed by atoms with Gasteiger partial charge in [0.1, 0.15) is 11.5 Å². The number of carbonyl (C=O) groups is 2. The van der Waals surface area contributed by atoms with Gasteiger partial charge < -0.3 is 20.7 Å². The molecule has 0 radical (unpaired) electrons.